The van der Waals surface area contributed by atoms with Gasteiger partial charge < -0.3 is 19.9 Å². The van der Waals surface area contributed by atoms with E-state index < -0.39 is 23.8 Å². The number of rotatable bonds is 7. The molecular weight excluding hydrogens is 387 g/mol. The number of amides is 1. The topological polar surface area (TPSA) is 63.1 Å². The van der Waals surface area contributed by atoms with E-state index >= 15 is 0 Å². The first-order valence-corrected chi connectivity index (χ1v) is 9.78. The number of ether oxygens (including phenoxy) is 1. The van der Waals surface area contributed by atoms with Gasteiger partial charge in [0.1, 0.15) is 6.04 Å². The van der Waals surface area contributed by atoms with Gasteiger partial charge in [0, 0.05) is 5.69 Å². The molecule has 1 aromatic carbocycles. The van der Waals surface area contributed by atoms with Crippen LogP contribution < -0.4 is 15.1 Å². The Bertz CT molecular complexity index is 704. The number of nitrogens with one attached hydrogen (secondary N) is 2. The lowest BCUT2D eigenvalue weighted by Gasteiger charge is -2.34. The van der Waals surface area contributed by atoms with Gasteiger partial charge in [-0.05, 0) is 24.1 Å². The predicted octanol–water partition coefficient (Wildman–Crippen LogP) is 1.11. The zero-order valence-electron chi connectivity index (χ0n) is 17.0. The van der Waals surface area contributed by atoms with Crippen LogP contribution in [0.4, 0.5) is 18.9 Å². The van der Waals surface area contributed by atoms with Crippen molar-refractivity contribution < 1.29 is 32.4 Å². The Morgan fingerprint density at radius 1 is 1.28 bits per heavy atom. The molecule has 6 nitrogen and oxygen atoms in total. The molecule has 0 spiro atoms. The minimum absolute atomic E-state index is 0.0424. The van der Waals surface area contributed by atoms with Crippen molar-refractivity contribution in [3.8, 4) is 0 Å². The highest BCUT2D eigenvalue weighted by molar-refractivity contribution is 5.85. The van der Waals surface area contributed by atoms with Gasteiger partial charge in [-0.25, -0.2) is 4.79 Å². The van der Waals surface area contributed by atoms with Gasteiger partial charge in [0.2, 0.25) is 0 Å². The van der Waals surface area contributed by atoms with Crippen LogP contribution in [0.25, 0.3) is 0 Å². The summed E-state index contributed by atoms with van der Waals surface area (Å²) in [5.74, 6) is -0.737. The summed E-state index contributed by atoms with van der Waals surface area (Å²) in [4.78, 5) is 27.2. The predicted molar refractivity (Wildman–Crippen MR) is 103 cm³/mol. The van der Waals surface area contributed by atoms with Crippen LogP contribution in [0.15, 0.2) is 24.3 Å². The lowest BCUT2D eigenvalue weighted by atomic mass is 9.99. The number of hydrogen-bond acceptors (Lipinski definition) is 4. The fourth-order valence-electron chi connectivity index (χ4n) is 3.38. The summed E-state index contributed by atoms with van der Waals surface area (Å²) < 4.78 is 43.5. The highest BCUT2D eigenvalue weighted by Crippen LogP contribution is 2.31. The van der Waals surface area contributed by atoms with Crippen LogP contribution in [0.5, 0.6) is 0 Å². The Morgan fingerprint density at radius 3 is 2.48 bits per heavy atom. The summed E-state index contributed by atoms with van der Waals surface area (Å²) in [5, 5.41) is 2.76. The third kappa shape index (κ3) is 6.35. The first kappa shape index (κ1) is 23.0. The van der Waals surface area contributed by atoms with Crippen molar-refractivity contribution in [2.45, 2.75) is 32.5 Å². The Kier molecular flexibility index (Phi) is 7.89. The average molecular weight is 416 g/mol. The first-order chi connectivity index (χ1) is 13.7. The molecule has 0 radical (unpaired) electrons. The third-order valence-corrected chi connectivity index (χ3v) is 5.40. The molecule has 1 aromatic rings. The number of carbonyl (C=O) groups excluding carboxylic acids is 2. The standard InChI is InChI=1S/C20H28F3N3O3/c1-4-14(2)18(19(28)29-3)24-17(27)13-25-8-10-26(11-9-25)16-7-5-6-15(12-16)20(21,22)23/h5-7,12,14,18H,4,8-11,13H2,1-3H3,(H,24,27)/p+1/t14-,18+/m0/s1. The Balaban J connectivity index is 1.89. The summed E-state index contributed by atoms with van der Waals surface area (Å²) in [6, 6.07) is 4.62. The van der Waals surface area contributed by atoms with Gasteiger partial charge in [-0.1, -0.05) is 26.3 Å². The zero-order chi connectivity index (χ0) is 21.6. The number of piperazine rings is 1. The number of quaternary nitrogens is 1. The number of carbonyl (C=O) groups is 2. The molecule has 1 aliphatic heterocycles. The maximum atomic E-state index is 12.9. The zero-order valence-corrected chi connectivity index (χ0v) is 17.0. The van der Waals surface area contributed by atoms with E-state index in [1.54, 1.807) is 6.07 Å². The van der Waals surface area contributed by atoms with Crippen molar-refractivity contribution in [3.05, 3.63) is 29.8 Å². The lowest BCUT2D eigenvalue weighted by Crippen LogP contribution is -3.16. The highest BCUT2D eigenvalue weighted by Gasteiger charge is 2.32. The number of benzene rings is 1. The van der Waals surface area contributed by atoms with Gasteiger partial charge in [0.05, 0.1) is 38.9 Å². The minimum Gasteiger partial charge on any atom is -0.467 e. The van der Waals surface area contributed by atoms with E-state index in [9.17, 15) is 22.8 Å². The number of nitrogens with zero attached hydrogens (tertiary/aromatic N) is 1. The van der Waals surface area contributed by atoms with Crippen molar-refractivity contribution >= 4 is 17.6 Å². The molecule has 0 saturated carbocycles. The molecule has 0 unspecified atom stereocenters. The third-order valence-electron chi connectivity index (χ3n) is 5.40. The molecule has 162 valence electrons. The van der Waals surface area contributed by atoms with Crippen molar-refractivity contribution in [2.24, 2.45) is 5.92 Å². The van der Waals surface area contributed by atoms with Crippen LogP contribution in [-0.2, 0) is 20.5 Å². The maximum Gasteiger partial charge on any atom is 0.416 e. The summed E-state index contributed by atoms with van der Waals surface area (Å²) in [7, 11) is 1.29. The monoisotopic (exact) mass is 416 g/mol. The number of methoxy groups -OCH3 is 1. The largest absolute Gasteiger partial charge is 0.467 e. The van der Waals surface area contributed by atoms with Crippen molar-refractivity contribution in [1.82, 2.24) is 5.32 Å². The Morgan fingerprint density at radius 2 is 1.93 bits per heavy atom. The van der Waals surface area contributed by atoms with Crippen LogP contribution >= 0.6 is 0 Å². The molecule has 29 heavy (non-hydrogen) atoms. The van der Waals surface area contributed by atoms with E-state index in [-0.39, 0.29) is 18.4 Å². The molecule has 2 rings (SSSR count). The molecule has 0 bridgehead atoms. The number of anilines is 1. The molecule has 1 heterocycles. The second kappa shape index (κ2) is 9.96. The molecule has 2 N–H and O–H groups in total. The van der Waals surface area contributed by atoms with E-state index in [2.05, 4.69) is 5.32 Å². The molecule has 1 fully saturated rings. The van der Waals surface area contributed by atoms with Gasteiger partial charge >= 0.3 is 12.1 Å². The molecule has 0 aliphatic carbocycles. The number of alkyl halides is 3. The molecule has 1 amide bonds. The number of halogens is 3. The van der Waals surface area contributed by atoms with E-state index in [0.29, 0.717) is 31.9 Å². The first-order valence-electron chi connectivity index (χ1n) is 9.78. The van der Waals surface area contributed by atoms with Gasteiger partial charge in [-0.2, -0.15) is 13.2 Å². The van der Waals surface area contributed by atoms with E-state index in [1.807, 2.05) is 18.7 Å². The van der Waals surface area contributed by atoms with Crippen LogP contribution in [0.2, 0.25) is 0 Å². The van der Waals surface area contributed by atoms with Gasteiger partial charge in [-0.3, -0.25) is 4.79 Å². The quantitative estimate of drug-likeness (QED) is 0.654. The van der Waals surface area contributed by atoms with Crippen LogP contribution in [-0.4, -0.2) is 57.8 Å². The number of hydrogen-bond donors (Lipinski definition) is 2. The van der Waals surface area contributed by atoms with E-state index in [4.69, 9.17) is 4.74 Å². The van der Waals surface area contributed by atoms with E-state index in [1.165, 1.54) is 13.2 Å². The van der Waals surface area contributed by atoms with E-state index in [0.717, 1.165) is 23.5 Å². The Hall–Kier alpha value is -2.29. The molecule has 2 atom stereocenters. The smallest absolute Gasteiger partial charge is 0.416 e. The summed E-state index contributed by atoms with van der Waals surface area (Å²) >= 11 is 0. The SMILES string of the molecule is CC[C@H](C)[C@@H](NC(=O)C[NH+]1CCN(c2cccc(C(F)(F)F)c2)CC1)C(=O)OC. The van der Waals surface area contributed by atoms with Crippen molar-refractivity contribution in [3.63, 3.8) is 0 Å². The molecular formula is C20H29F3N3O3+. The normalized spacial score (nSPS) is 17.5. The fourth-order valence-corrected chi connectivity index (χ4v) is 3.38. The van der Waals surface area contributed by atoms with Crippen molar-refractivity contribution in [2.75, 3.05) is 44.7 Å². The number of esters is 1. The maximum absolute atomic E-state index is 12.9. The summed E-state index contributed by atoms with van der Waals surface area (Å²) in [6.07, 6.45) is -3.64. The lowest BCUT2D eigenvalue weighted by molar-refractivity contribution is -0.892. The highest BCUT2D eigenvalue weighted by atomic mass is 19.4. The summed E-state index contributed by atoms with van der Waals surface area (Å²) in [5.41, 5.74) is -0.131. The van der Waals surface area contributed by atoms with Crippen LogP contribution in [0.3, 0.4) is 0 Å². The van der Waals surface area contributed by atoms with Gasteiger partial charge in [0.15, 0.2) is 6.54 Å². The minimum atomic E-state index is -4.37. The fraction of sp³-hybridized carbons (Fsp3) is 0.600. The van der Waals surface area contributed by atoms with Crippen molar-refractivity contribution in [1.29, 1.82) is 0 Å². The van der Waals surface area contributed by atoms with Crippen LogP contribution in [0, 0.1) is 5.92 Å². The second-order valence-corrected chi connectivity index (χ2v) is 7.42. The summed E-state index contributed by atoms with van der Waals surface area (Å²) in [6.45, 7) is 6.37. The molecule has 1 saturated heterocycles. The molecule has 0 aromatic heterocycles. The van der Waals surface area contributed by atoms with Gasteiger partial charge in [0.25, 0.3) is 5.91 Å². The molecule has 9 heteroatoms. The average Bonchev–Trinajstić information content (AvgIpc) is 2.71. The second-order valence-electron chi connectivity index (χ2n) is 7.42. The Labute approximate surface area is 169 Å². The molecule has 1 aliphatic rings. The van der Waals surface area contributed by atoms with Crippen LogP contribution in [0.1, 0.15) is 25.8 Å². The van der Waals surface area contributed by atoms with Gasteiger partial charge in [-0.15, -0.1) is 0 Å².